The van der Waals surface area contributed by atoms with Crippen molar-refractivity contribution in [2.75, 3.05) is 19.1 Å². The molecule has 1 aliphatic rings. The molecular formula is C25H20FNO4S. The zero-order valence-corrected chi connectivity index (χ0v) is 18.3. The number of halogens is 1. The molecule has 3 aromatic rings. The minimum absolute atomic E-state index is 0.248. The predicted molar refractivity (Wildman–Crippen MR) is 123 cm³/mol. The molecule has 4 rings (SSSR count). The second kappa shape index (κ2) is 9.28. The van der Waals surface area contributed by atoms with E-state index in [2.05, 4.69) is 0 Å². The third-order valence-electron chi connectivity index (χ3n) is 4.99. The fourth-order valence-electron chi connectivity index (χ4n) is 3.40. The van der Waals surface area contributed by atoms with Crippen molar-refractivity contribution in [1.29, 1.82) is 0 Å². The normalized spacial score (nSPS) is 13.7. The summed E-state index contributed by atoms with van der Waals surface area (Å²) in [5.74, 6) is 0.0780. The van der Waals surface area contributed by atoms with Crippen molar-refractivity contribution >= 4 is 34.8 Å². The quantitative estimate of drug-likeness (QED) is 0.472. The lowest BCUT2D eigenvalue weighted by atomic mass is 10.1. The van der Waals surface area contributed by atoms with Crippen molar-refractivity contribution < 1.29 is 23.5 Å². The van der Waals surface area contributed by atoms with Crippen LogP contribution in [-0.4, -0.2) is 26.0 Å². The molecule has 0 saturated carbocycles. The monoisotopic (exact) mass is 449 g/mol. The Morgan fingerprint density at radius 3 is 2.06 bits per heavy atom. The highest BCUT2D eigenvalue weighted by Crippen LogP contribution is 2.41. The SMILES string of the molecule is COc1cc(OC)cc(N2C(=O)C(SCc3ccccc3)=C(c3ccc(F)cc3)C2=O)c1. The third-order valence-corrected chi connectivity index (χ3v) is 6.14. The van der Waals surface area contributed by atoms with Crippen LogP contribution in [0.1, 0.15) is 11.1 Å². The first-order valence-corrected chi connectivity index (χ1v) is 10.8. The predicted octanol–water partition coefficient (Wildman–Crippen LogP) is 5.06. The van der Waals surface area contributed by atoms with Crippen LogP contribution in [0, 0.1) is 5.82 Å². The summed E-state index contributed by atoms with van der Waals surface area (Å²) in [6.45, 7) is 0. The van der Waals surface area contributed by atoms with Crippen LogP contribution in [-0.2, 0) is 15.3 Å². The van der Waals surface area contributed by atoms with Gasteiger partial charge in [-0.05, 0) is 23.3 Å². The van der Waals surface area contributed by atoms with Crippen LogP contribution in [0.25, 0.3) is 5.57 Å². The fourth-order valence-corrected chi connectivity index (χ4v) is 4.47. The molecule has 0 aliphatic carbocycles. The van der Waals surface area contributed by atoms with Crippen molar-refractivity contribution in [2.45, 2.75) is 5.75 Å². The van der Waals surface area contributed by atoms with Crippen LogP contribution in [0.4, 0.5) is 10.1 Å². The van der Waals surface area contributed by atoms with Gasteiger partial charge in [0, 0.05) is 24.0 Å². The van der Waals surface area contributed by atoms with Crippen LogP contribution in [0.2, 0.25) is 0 Å². The van der Waals surface area contributed by atoms with E-state index in [-0.39, 0.29) is 5.57 Å². The van der Waals surface area contributed by atoms with E-state index in [9.17, 15) is 14.0 Å². The molecule has 0 N–H and O–H groups in total. The molecule has 0 bridgehead atoms. The van der Waals surface area contributed by atoms with Crippen LogP contribution in [0.5, 0.6) is 11.5 Å². The Balaban J connectivity index is 1.76. The molecule has 32 heavy (non-hydrogen) atoms. The second-order valence-electron chi connectivity index (χ2n) is 7.00. The van der Waals surface area contributed by atoms with Crippen molar-refractivity contribution in [3.05, 3.63) is 94.6 Å². The minimum Gasteiger partial charge on any atom is -0.497 e. The summed E-state index contributed by atoms with van der Waals surface area (Å²) in [6.07, 6.45) is 0. The molecule has 0 unspecified atom stereocenters. The molecule has 0 saturated heterocycles. The van der Waals surface area contributed by atoms with Crippen molar-refractivity contribution in [3.63, 3.8) is 0 Å². The van der Waals surface area contributed by atoms with Crippen molar-refractivity contribution in [1.82, 2.24) is 0 Å². The van der Waals surface area contributed by atoms with Gasteiger partial charge in [-0.15, -0.1) is 11.8 Å². The number of rotatable bonds is 7. The zero-order valence-electron chi connectivity index (χ0n) is 17.5. The molecule has 0 radical (unpaired) electrons. The first-order chi connectivity index (χ1) is 15.5. The summed E-state index contributed by atoms with van der Waals surface area (Å²) in [7, 11) is 2.99. The summed E-state index contributed by atoms with van der Waals surface area (Å²) in [5.41, 5.74) is 2.09. The number of thioether (sulfide) groups is 1. The fraction of sp³-hybridized carbons (Fsp3) is 0.120. The number of benzene rings is 3. The number of carbonyl (C=O) groups excluding carboxylic acids is 2. The van der Waals surface area contributed by atoms with E-state index < -0.39 is 17.6 Å². The molecular weight excluding hydrogens is 429 g/mol. The van der Waals surface area contributed by atoms with E-state index in [1.54, 1.807) is 18.2 Å². The second-order valence-corrected chi connectivity index (χ2v) is 7.99. The summed E-state index contributed by atoms with van der Waals surface area (Å²) in [6, 6.07) is 20.1. The molecule has 1 heterocycles. The van der Waals surface area contributed by atoms with Crippen LogP contribution in [0.3, 0.4) is 0 Å². The number of methoxy groups -OCH3 is 2. The number of amides is 2. The molecule has 162 valence electrons. The Morgan fingerprint density at radius 2 is 1.47 bits per heavy atom. The Kier molecular flexibility index (Phi) is 6.28. The zero-order chi connectivity index (χ0) is 22.7. The van der Waals surface area contributed by atoms with Gasteiger partial charge in [0.15, 0.2) is 0 Å². The molecule has 5 nitrogen and oxygen atoms in total. The molecule has 1 aliphatic heterocycles. The number of carbonyl (C=O) groups is 2. The van der Waals surface area contributed by atoms with E-state index >= 15 is 0 Å². The largest absolute Gasteiger partial charge is 0.497 e. The molecule has 0 spiro atoms. The van der Waals surface area contributed by atoms with Gasteiger partial charge in [-0.2, -0.15) is 0 Å². The Labute approximate surface area is 189 Å². The van der Waals surface area contributed by atoms with Crippen molar-refractivity contribution in [2.24, 2.45) is 0 Å². The van der Waals surface area contributed by atoms with Gasteiger partial charge in [0.2, 0.25) is 0 Å². The van der Waals surface area contributed by atoms with Gasteiger partial charge in [0.25, 0.3) is 11.8 Å². The van der Waals surface area contributed by atoms with E-state index in [1.807, 2.05) is 30.3 Å². The maximum atomic E-state index is 13.5. The Bertz CT molecular complexity index is 1170. The van der Waals surface area contributed by atoms with Gasteiger partial charge in [-0.3, -0.25) is 9.59 Å². The van der Waals surface area contributed by atoms with Gasteiger partial charge >= 0.3 is 0 Å². The summed E-state index contributed by atoms with van der Waals surface area (Å²) >= 11 is 1.29. The number of hydrogen-bond donors (Lipinski definition) is 0. The minimum atomic E-state index is -0.479. The van der Waals surface area contributed by atoms with E-state index in [1.165, 1.54) is 50.2 Å². The van der Waals surface area contributed by atoms with E-state index in [4.69, 9.17) is 9.47 Å². The highest BCUT2D eigenvalue weighted by Gasteiger charge is 2.40. The van der Waals surface area contributed by atoms with Crippen LogP contribution >= 0.6 is 11.8 Å². The Morgan fingerprint density at radius 1 is 0.844 bits per heavy atom. The first kappa shape index (κ1) is 21.6. The van der Waals surface area contributed by atoms with E-state index in [0.717, 1.165) is 10.5 Å². The molecule has 0 atom stereocenters. The number of hydrogen-bond acceptors (Lipinski definition) is 5. The third kappa shape index (κ3) is 4.24. The molecule has 2 amide bonds. The maximum Gasteiger partial charge on any atom is 0.272 e. The topological polar surface area (TPSA) is 55.8 Å². The number of ether oxygens (including phenoxy) is 2. The van der Waals surface area contributed by atoms with Gasteiger partial charge in [0.1, 0.15) is 17.3 Å². The summed E-state index contributed by atoms with van der Waals surface area (Å²) in [5, 5.41) is 0. The Hall–Kier alpha value is -3.58. The van der Waals surface area contributed by atoms with Crippen molar-refractivity contribution in [3.8, 4) is 11.5 Å². The lowest BCUT2D eigenvalue weighted by molar-refractivity contribution is -0.119. The smallest absolute Gasteiger partial charge is 0.272 e. The maximum absolute atomic E-state index is 13.5. The van der Waals surface area contributed by atoms with Gasteiger partial charge < -0.3 is 9.47 Å². The van der Waals surface area contributed by atoms with E-state index in [0.29, 0.717) is 33.4 Å². The van der Waals surface area contributed by atoms with Gasteiger partial charge in [0.05, 0.1) is 30.4 Å². The number of imide groups is 1. The average Bonchev–Trinajstić information content (AvgIpc) is 3.07. The van der Waals surface area contributed by atoms with Crippen LogP contribution in [0.15, 0.2) is 77.7 Å². The number of nitrogens with zero attached hydrogens (tertiary/aromatic N) is 1. The van der Waals surface area contributed by atoms with Crippen LogP contribution < -0.4 is 14.4 Å². The summed E-state index contributed by atoms with van der Waals surface area (Å²) < 4.78 is 24.1. The highest BCUT2D eigenvalue weighted by atomic mass is 32.2. The standard InChI is InChI=1S/C25H20FNO4S/c1-30-20-12-19(13-21(14-20)31-2)27-24(28)22(17-8-10-18(26)11-9-17)23(25(27)29)32-15-16-6-4-3-5-7-16/h3-14H,15H2,1-2H3. The lowest BCUT2D eigenvalue weighted by Gasteiger charge is -2.17. The van der Waals surface area contributed by atoms with Gasteiger partial charge in [-0.25, -0.2) is 9.29 Å². The highest BCUT2D eigenvalue weighted by molar-refractivity contribution is 8.03. The molecule has 7 heteroatoms. The average molecular weight is 450 g/mol. The molecule has 0 fully saturated rings. The first-order valence-electron chi connectivity index (χ1n) is 9.80. The number of anilines is 1. The molecule has 3 aromatic carbocycles. The molecule has 0 aromatic heterocycles. The van der Waals surface area contributed by atoms with Gasteiger partial charge in [-0.1, -0.05) is 42.5 Å². The summed E-state index contributed by atoms with van der Waals surface area (Å²) in [4.78, 5) is 28.4. The lowest BCUT2D eigenvalue weighted by Crippen LogP contribution is -2.31.